The smallest absolute Gasteiger partial charge is 0.210 e. The highest BCUT2D eigenvalue weighted by molar-refractivity contribution is 7.91. The molecule has 0 amide bonds. The highest BCUT2D eigenvalue weighted by Crippen LogP contribution is 2.38. The van der Waals surface area contributed by atoms with E-state index in [4.69, 9.17) is 4.74 Å². The SMILES string of the molecule is COc1ccc2ncc(S(=O)(=O)c3ccc(C)cc3)c(N3CCC[C@H](C)C3)c2c1. The molecule has 3 aromatic rings. The second-order valence-electron chi connectivity index (χ2n) is 7.86. The molecule has 0 radical (unpaired) electrons. The van der Waals surface area contributed by atoms with E-state index in [0.717, 1.165) is 48.1 Å². The molecule has 1 aliphatic rings. The molecule has 152 valence electrons. The van der Waals surface area contributed by atoms with Crippen molar-refractivity contribution in [1.29, 1.82) is 0 Å². The lowest BCUT2D eigenvalue weighted by Gasteiger charge is -2.34. The molecular formula is C23H26N2O3S. The average molecular weight is 411 g/mol. The summed E-state index contributed by atoms with van der Waals surface area (Å²) in [5.41, 5.74) is 2.53. The second-order valence-corrected chi connectivity index (χ2v) is 9.78. The van der Waals surface area contributed by atoms with E-state index in [-0.39, 0.29) is 4.90 Å². The number of nitrogens with zero attached hydrogens (tertiary/aromatic N) is 2. The first-order valence-corrected chi connectivity index (χ1v) is 11.4. The van der Waals surface area contributed by atoms with Crippen LogP contribution in [0.25, 0.3) is 10.9 Å². The molecule has 0 bridgehead atoms. The molecule has 1 atom stereocenters. The van der Waals surface area contributed by atoms with Gasteiger partial charge in [-0.2, -0.15) is 0 Å². The lowest BCUT2D eigenvalue weighted by molar-refractivity contribution is 0.415. The summed E-state index contributed by atoms with van der Waals surface area (Å²) in [4.78, 5) is 7.24. The van der Waals surface area contributed by atoms with Gasteiger partial charge in [0.25, 0.3) is 0 Å². The summed E-state index contributed by atoms with van der Waals surface area (Å²) < 4.78 is 32.6. The zero-order valence-electron chi connectivity index (χ0n) is 17.1. The summed E-state index contributed by atoms with van der Waals surface area (Å²) in [7, 11) is -2.09. The van der Waals surface area contributed by atoms with Gasteiger partial charge < -0.3 is 9.64 Å². The number of piperidine rings is 1. The van der Waals surface area contributed by atoms with Gasteiger partial charge >= 0.3 is 0 Å². The molecular weight excluding hydrogens is 384 g/mol. The van der Waals surface area contributed by atoms with Crippen LogP contribution in [0.3, 0.4) is 0 Å². The Kier molecular flexibility index (Phi) is 5.21. The van der Waals surface area contributed by atoms with Crippen molar-refractivity contribution < 1.29 is 13.2 Å². The molecule has 0 spiro atoms. The highest BCUT2D eigenvalue weighted by atomic mass is 32.2. The minimum absolute atomic E-state index is 0.260. The number of methoxy groups -OCH3 is 1. The van der Waals surface area contributed by atoms with Gasteiger partial charge in [0.05, 0.1) is 23.2 Å². The molecule has 1 fully saturated rings. The number of sulfone groups is 1. The molecule has 1 aromatic heterocycles. The quantitative estimate of drug-likeness (QED) is 0.628. The second kappa shape index (κ2) is 7.67. The van der Waals surface area contributed by atoms with Crippen LogP contribution >= 0.6 is 0 Å². The van der Waals surface area contributed by atoms with E-state index in [1.807, 2.05) is 37.3 Å². The molecule has 2 heterocycles. The molecule has 0 aliphatic carbocycles. The molecule has 1 aliphatic heterocycles. The maximum atomic E-state index is 13.6. The van der Waals surface area contributed by atoms with Crippen molar-refractivity contribution >= 4 is 26.4 Å². The Morgan fingerprint density at radius 1 is 1.14 bits per heavy atom. The monoisotopic (exact) mass is 410 g/mol. The molecule has 5 nitrogen and oxygen atoms in total. The van der Waals surface area contributed by atoms with Gasteiger partial charge in [-0.15, -0.1) is 0 Å². The Labute approximate surface area is 172 Å². The number of ether oxygens (including phenoxy) is 1. The first-order chi connectivity index (χ1) is 13.9. The van der Waals surface area contributed by atoms with Crippen LogP contribution in [-0.2, 0) is 9.84 Å². The molecule has 0 unspecified atom stereocenters. The zero-order chi connectivity index (χ0) is 20.6. The molecule has 0 N–H and O–H groups in total. The Balaban J connectivity index is 1.97. The fourth-order valence-corrected chi connectivity index (χ4v) is 5.46. The summed E-state index contributed by atoms with van der Waals surface area (Å²) in [6, 6.07) is 12.6. The molecule has 6 heteroatoms. The third-order valence-corrected chi connectivity index (χ3v) is 7.38. The zero-order valence-corrected chi connectivity index (χ0v) is 17.9. The van der Waals surface area contributed by atoms with Crippen molar-refractivity contribution in [2.24, 2.45) is 5.92 Å². The Morgan fingerprint density at radius 2 is 1.90 bits per heavy atom. The van der Waals surface area contributed by atoms with E-state index < -0.39 is 9.84 Å². The van der Waals surface area contributed by atoms with Crippen LogP contribution in [0.2, 0.25) is 0 Å². The van der Waals surface area contributed by atoms with Crippen molar-refractivity contribution in [3.63, 3.8) is 0 Å². The lowest BCUT2D eigenvalue weighted by Crippen LogP contribution is -2.35. The Bertz CT molecular complexity index is 1140. The number of hydrogen-bond acceptors (Lipinski definition) is 5. The summed E-state index contributed by atoms with van der Waals surface area (Å²) >= 11 is 0. The first kappa shape index (κ1) is 19.7. The predicted molar refractivity (Wildman–Crippen MR) is 116 cm³/mol. The minimum Gasteiger partial charge on any atom is -0.497 e. The Morgan fingerprint density at radius 3 is 2.59 bits per heavy atom. The molecule has 0 saturated carbocycles. The predicted octanol–water partition coefficient (Wildman–Crippen LogP) is 4.62. The standard InChI is InChI=1S/C23H26N2O3S/c1-16-6-9-19(10-7-16)29(26,27)22-14-24-21-11-8-18(28-3)13-20(21)23(22)25-12-4-5-17(2)15-25/h6-11,13-14,17H,4-5,12,15H2,1-3H3/t17-/m0/s1. The number of rotatable bonds is 4. The molecule has 2 aromatic carbocycles. The van der Waals surface area contributed by atoms with E-state index in [1.165, 1.54) is 6.20 Å². The van der Waals surface area contributed by atoms with Gasteiger partial charge in [0.1, 0.15) is 10.6 Å². The van der Waals surface area contributed by atoms with Crippen molar-refractivity contribution in [2.45, 2.75) is 36.5 Å². The van der Waals surface area contributed by atoms with Crippen molar-refractivity contribution in [3.8, 4) is 5.75 Å². The fraction of sp³-hybridized carbons (Fsp3) is 0.348. The first-order valence-electron chi connectivity index (χ1n) is 9.93. The lowest BCUT2D eigenvalue weighted by atomic mass is 9.99. The summed E-state index contributed by atoms with van der Waals surface area (Å²) in [6.07, 6.45) is 3.71. The normalized spacial score (nSPS) is 17.5. The average Bonchev–Trinajstić information content (AvgIpc) is 2.72. The molecule has 4 rings (SSSR count). The van der Waals surface area contributed by atoms with Gasteiger partial charge in [0.2, 0.25) is 9.84 Å². The minimum atomic E-state index is -3.71. The third-order valence-electron chi connectivity index (χ3n) is 5.61. The summed E-state index contributed by atoms with van der Waals surface area (Å²) in [5.74, 6) is 1.20. The van der Waals surface area contributed by atoms with Crippen LogP contribution in [0.5, 0.6) is 5.75 Å². The van der Waals surface area contributed by atoms with Gasteiger partial charge in [-0.3, -0.25) is 4.98 Å². The van der Waals surface area contributed by atoms with Crippen LogP contribution in [0.4, 0.5) is 5.69 Å². The summed E-state index contributed by atoms with van der Waals surface area (Å²) in [6.45, 7) is 5.81. The maximum Gasteiger partial charge on any atom is 0.210 e. The number of pyridine rings is 1. The number of aryl methyl sites for hydroxylation is 1. The number of anilines is 1. The van der Waals surface area contributed by atoms with Crippen LogP contribution in [0.15, 0.2) is 58.5 Å². The fourth-order valence-electron chi connectivity index (χ4n) is 4.03. The van der Waals surface area contributed by atoms with E-state index in [9.17, 15) is 8.42 Å². The number of hydrogen-bond donors (Lipinski definition) is 0. The third kappa shape index (κ3) is 3.69. The highest BCUT2D eigenvalue weighted by Gasteiger charge is 2.29. The summed E-state index contributed by atoms with van der Waals surface area (Å²) in [5, 5.41) is 0.812. The van der Waals surface area contributed by atoms with Crippen molar-refractivity contribution in [2.75, 3.05) is 25.1 Å². The van der Waals surface area contributed by atoms with Gasteiger partial charge in [-0.1, -0.05) is 24.6 Å². The topological polar surface area (TPSA) is 59.5 Å². The molecule has 29 heavy (non-hydrogen) atoms. The van der Waals surface area contributed by atoms with Crippen LogP contribution < -0.4 is 9.64 Å². The van der Waals surface area contributed by atoms with Crippen molar-refractivity contribution in [1.82, 2.24) is 4.98 Å². The van der Waals surface area contributed by atoms with E-state index in [2.05, 4.69) is 16.8 Å². The number of fused-ring (bicyclic) bond motifs is 1. The van der Waals surface area contributed by atoms with Crippen LogP contribution in [0, 0.1) is 12.8 Å². The maximum absolute atomic E-state index is 13.6. The van der Waals surface area contributed by atoms with Gasteiger partial charge in [-0.25, -0.2) is 8.42 Å². The van der Waals surface area contributed by atoms with Gasteiger partial charge in [0.15, 0.2) is 0 Å². The van der Waals surface area contributed by atoms with E-state index in [1.54, 1.807) is 19.2 Å². The Hall–Kier alpha value is -2.60. The van der Waals surface area contributed by atoms with Crippen LogP contribution in [-0.4, -0.2) is 33.6 Å². The molecule has 1 saturated heterocycles. The van der Waals surface area contributed by atoms with Crippen LogP contribution in [0.1, 0.15) is 25.3 Å². The van der Waals surface area contributed by atoms with Gasteiger partial charge in [0, 0.05) is 24.7 Å². The largest absolute Gasteiger partial charge is 0.497 e. The van der Waals surface area contributed by atoms with E-state index in [0.29, 0.717) is 16.6 Å². The number of benzene rings is 2. The number of aromatic nitrogens is 1. The van der Waals surface area contributed by atoms with E-state index >= 15 is 0 Å². The van der Waals surface area contributed by atoms with Crippen molar-refractivity contribution in [3.05, 3.63) is 54.2 Å². The van der Waals surface area contributed by atoms with Gasteiger partial charge in [-0.05, 0) is 56.0 Å².